The van der Waals surface area contributed by atoms with E-state index < -0.39 is 20.2 Å². The standard InChI is InChI=1S/2C15H24O3S.Ca/c2*1-2-3-4-5-6-7-8-9-14-10-12-15(13-11-14)19(16,17)18;/h2*10-13H,2-9H2,1H3,(H,16,17,18);/q;;+2/p-2. The molecule has 6 nitrogen and oxygen atoms in total. The second kappa shape index (κ2) is 22.2. The van der Waals surface area contributed by atoms with E-state index in [1.165, 1.54) is 101 Å². The number of rotatable bonds is 18. The van der Waals surface area contributed by atoms with Gasteiger partial charge in [0.1, 0.15) is 20.2 Å². The van der Waals surface area contributed by atoms with Crippen molar-refractivity contribution in [3.05, 3.63) is 59.7 Å². The third-order valence-corrected chi connectivity index (χ3v) is 8.26. The minimum absolute atomic E-state index is 0. The Morgan fingerprint density at radius 2 is 0.718 bits per heavy atom. The number of hydrogen-bond acceptors (Lipinski definition) is 6. The zero-order valence-electron chi connectivity index (χ0n) is 23.9. The van der Waals surface area contributed by atoms with E-state index in [2.05, 4.69) is 13.8 Å². The molecule has 0 saturated heterocycles. The molecule has 0 spiro atoms. The van der Waals surface area contributed by atoms with Crippen LogP contribution in [-0.4, -0.2) is 63.7 Å². The van der Waals surface area contributed by atoms with Gasteiger partial charge in [0.2, 0.25) is 0 Å². The van der Waals surface area contributed by atoms with Gasteiger partial charge in [0.25, 0.3) is 0 Å². The summed E-state index contributed by atoms with van der Waals surface area (Å²) in [6.07, 6.45) is 19.6. The summed E-state index contributed by atoms with van der Waals surface area (Å²) in [6.45, 7) is 4.43. The first-order valence-corrected chi connectivity index (χ1v) is 17.0. The fourth-order valence-corrected chi connectivity index (χ4v) is 5.16. The van der Waals surface area contributed by atoms with Gasteiger partial charge in [0, 0.05) is 0 Å². The largest absolute Gasteiger partial charge is 2.00 e. The molecular formula is C30H46CaO6S2. The Bertz CT molecular complexity index is 994. The summed E-state index contributed by atoms with van der Waals surface area (Å²) in [4.78, 5) is -0.286. The molecule has 0 unspecified atom stereocenters. The predicted octanol–water partition coefficient (Wildman–Crippen LogP) is 7.39. The summed E-state index contributed by atoms with van der Waals surface area (Å²) < 4.78 is 64.6. The Hall–Kier alpha value is -0.480. The molecule has 0 fully saturated rings. The average Bonchev–Trinajstić information content (AvgIpc) is 2.87. The monoisotopic (exact) mass is 606 g/mol. The van der Waals surface area contributed by atoms with Crippen LogP contribution in [0.4, 0.5) is 0 Å². The molecule has 39 heavy (non-hydrogen) atoms. The summed E-state index contributed by atoms with van der Waals surface area (Å²) in [7, 11) is -8.62. The normalized spacial score (nSPS) is 11.4. The molecule has 0 saturated carbocycles. The van der Waals surface area contributed by atoms with Crippen molar-refractivity contribution in [1.82, 2.24) is 0 Å². The Labute approximate surface area is 267 Å². The summed E-state index contributed by atoms with van der Waals surface area (Å²) >= 11 is 0. The Balaban J connectivity index is 0.000000722. The van der Waals surface area contributed by atoms with Crippen LogP contribution in [-0.2, 0) is 33.1 Å². The molecule has 9 heteroatoms. The molecule has 2 aromatic carbocycles. The van der Waals surface area contributed by atoms with Gasteiger partial charge in [-0.1, -0.05) is 115 Å². The molecule has 0 aliphatic heterocycles. The third-order valence-electron chi connectivity index (χ3n) is 6.56. The van der Waals surface area contributed by atoms with Gasteiger partial charge in [0.15, 0.2) is 0 Å². The van der Waals surface area contributed by atoms with Crippen LogP contribution in [0.15, 0.2) is 58.3 Å². The van der Waals surface area contributed by atoms with Crippen molar-refractivity contribution in [2.45, 2.75) is 126 Å². The number of hydrogen-bond donors (Lipinski definition) is 0. The van der Waals surface area contributed by atoms with Gasteiger partial charge < -0.3 is 9.11 Å². The average molecular weight is 607 g/mol. The maximum absolute atomic E-state index is 10.8. The Morgan fingerprint density at radius 1 is 0.462 bits per heavy atom. The maximum Gasteiger partial charge on any atom is 2.00 e. The molecule has 0 aromatic heterocycles. The van der Waals surface area contributed by atoms with Crippen molar-refractivity contribution in [3.8, 4) is 0 Å². The number of benzene rings is 2. The van der Waals surface area contributed by atoms with Gasteiger partial charge in [-0.15, -0.1) is 0 Å². The zero-order chi connectivity index (χ0) is 28.3. The van der Waals surface area contributed by atoms with Crippen molar-refractivity contribution >= 4 is 58.0 Å². The fourth-order valence-electron chi connectivity index (χ4n) is 4.22. The predicted molar refractivity (Wildman–Crippen MR) is 158 cm³/mol. The minimum atomic E-state index is -4.31. The first-order chi connectivity index (χ1) is 18.1. The smallest absolute Gasteiger partial charge is 0.744 e. The van der Waals surface area contributed by atoms with E-state index in [-0.39, 0.29) is 47.5 Å². The number of unbranched alkanes of at least 4 members (excludes halogenated alkanes) is 12. The first-order valence-electron chi connectivity index (χ1n) is 14.2. The van der Waals surface area contributed by atoms with Crippen LogP contribution in [0.1, 0.15) is 115 Å². The topological polar surface area (TPSA) is 114 Å². The molecule has 0 radical (unpaired) electrons. The molecule has 2 rings (SSSR count). The van der Waals surface area contributed by atoms with E-state index in [0.717, 1.165) is 36.8 Å². The van der Waals surface area contributed by atoms with E-state index in [1.54, 1.807) is 24.3 Å². The summed E-state index contributed by atoms with van der Waals surface area (Å²) in [5.74, 6) is 0. The van der Waals surface area contributed by atoms with Crippen molar-refractivity contribution in [2.24, 2.45) is 0 Å². The van der Waals surface area contributed by atoms with E-state index >= 15 is 0 Å². The zero-order valence-corrected chi connectivity index (χ0v) is 27.7. The third kappa shape index (κ3) is 19.3. The van der Waals surface area contributed by atoms with Crippen molar-refractivity contribution < 1.29 is 25.9 Å². The van der Waals surface area contributed by atoms with Crippen LogP contribution in [0.25, 0.3) is 0 Å². The van der Waals surface area contributed by atoms with Gasteiger partial charge in [-0.25, -0.2) is 16.8 Å². The minimum Gasteiger partial charge on any atom is -0.744 e. The van der Waals surface area contributed by atoms with Gasteiger partial charge in [0.05, 0.1) is 9.79 Å². The molecule has 0 heterocycles. The fraction of sp³-hybridized carbons (Fsp3) is 0.600. The second-order valence-corrected chi connectivity index (χ2v) is 12.7. The van der Waals surface area contributed by atoms with Crippen LogP contribution in [0, 0.1) is 0 Å². The van der Waals surface area contributed by atoms with Crippen LogP contribution in [0.2, 0.25) is 0 Å². The first kappa shape index (κ1) is 38.5. The molecule has 0 N–H and O–H groups in total. The molecule has 2 aromatic rings. The quantitative estimate of drug-likeness (QED) is 0.0993. The SMILES string of the molecule is CCCCCCCCCc1ccc(S(=O)(=O)[O-])cc1.CCCCCCCCCc1ccc(S(=O)(=O)[O-])cc1.[Ca+2]. The van der Waals surface area contributed by atoms with E-state index in [4.69, 9.17) is 0 Å². The van der Waals surface area contributed by atoms with E-state index in [9.17, 15) is 25.9 Å². The molecule has 0 amide bonds. The van der Waals surface area contributed by atoms with Crippen LogP contribution >= 0.6 is 0 Å². The molecule has 216 valence electrons. The maximum atomic E-state index is 10.8. The van der Waals surface area contributed by atoms with Crippen molar-refractivity contribution in [3.63, 3.8) is 0 Å². The Kier molecular flexibility index (Phi) is 21.9. The van der Waals surface area contributed by atoms with Crippen LogP contribution in [0.5, 0.6) is 0 Å². The van der Waals surface area contributed by atoms with Gasteiger partial charge >= 0.3 is 37.7 Å². The summed E-state index contributed by atoms with van der Waals surface area (Å²) in [5, 5.41) is 0. The van der Waals surface area contributed by atoms with Crippen LogP contribution < -0.4 is 0 Å². The van der Waals surface area contributed by atoms with Gasteiger partial charge in [-0.3, -0.25) is 0 Å². The molecule has 0 atom stereocenters. The Morgan fingerprint density at radius 3 is 0.974 bits per heavy atom. The van der Waals surface area contributed by atoms with Crippen molar-refractivity contribution in [2.75, 3.05) is 0 Å². The van der Waals surface area contributed by atoms with Gasteiger partial charge in [-0.2, -0.15) is 0 Å². The number of aryl methyl sites for hydroxylation is 2. The summed E-state index contributed by atoms with van der Waals surface area (Å²) in [6, 6.07) is 12.6. The summed E-state index contributed by atoms with van der Waals surface area (Å²) in [5.41, 5.74) is 2.20. The van der Waals surface area contributed by atoms with Crippen molar-refractivity contribution in [1.29, 1.82) is 0 Å². The molecule has 0 aliphatic rings. The second-order valence-electron chi connectivity index (χ2n) is 9.94. The molecule has 0 bridgehead atoms. The molecule has 0 aliphatic carbocycles. The molecular weight excluding hydrogens is 561 g/mol. The van der Waals surface area contributed by atoms with Crippen LogP contribution in [0.3, 0.4) is 0 Å². The van der Waals surface area contributed by atoms with E-state index in [1.807, 2.05) is 0 Å². The van der Waals surface area contributed by atoms with E-state index in [0.29, 0.717) is 0 Å². The van der Waals surface area contributed by atoms with Gasteiger partial charge in [-0.05, 0) is 61.1 Å².